The normalized spacial score (nSPS) is 24.8. The third kappa shape index (κ3) is 7.84. The van der Waals surface area contributed by atoms with Crippen LogP contribution in [0.5, 0.6) is 0 Å². The van der Waals surface area contributed by atoms with Gasteiger partial charge in [0, 0.05) is 17.6 Å². The Labute approximate surface area is 291 Å². The molecule has 2 aromatic carbocycles. The average Bonchev–Trinajstić information content (AvgIpc) is 3.92. The molecule has 0 radical (unpaired) electrons. The van der Waals surface area contributed by atoms with Gasteiger partial charge >= 0.3 is 24.1 Å². The summed E-state index contributed by atoms with van der Waals surface area (Å²) in [6, 6.07) is 11.9. The number of hydrogen-bond donors (Lipinski definition) is 0. The lowest BCUT2D eigenvalue weighted by atomic mass is 10.0. The van der Waals surface area contributed by atoms with Crippen LogP contribution in [0, 0.1) is 11.8 Å². The first-order valence-electron chi connectivity index (χ1n) is 17.1. The molecule has 2 saturated carbocycles. The molecule has 2 aliphatic heterocycles. The van der Waals surface area contributed by atoms with Crippen molar-refractivity contribution in [2.75, 3.05) is 13.2 Å². The highest BCUT2D eigenvalue weighted by atomic mass is 16.6. The second-order valence-electron chi connectivity index (χ2n) is 15.6. The molecule has 6 rings (SSSR count). The monoisotopic (exact) mass is 688 g/mol. The molecule has 50 heavy (non-hydrogen) atoms. The van der Waals surface area contributed by atoms with E-state index in [1.54, 1.807) is 90.1 Å². The van der Waals surface area contributed by atoms with Crippen LogP contribution in [0.25, 0.3) is 11.1 Å². The van der Waals surface area contributed by atoms with Crippen LogP contribution in [0.2, 0.25) is 0 Å². The third-order valence-electron chi connectivity index (χ3n) is 9.41. The molecule has 6 atom stereocenters. The molecule has 0 aromatic heterocycles. The van der Waals surface area contributed by atoms with Crippen molar-refractivity contribution in [2.45, 2.75) is 103 Å². The van der Waals surface area contributed by atoms with Gasteiger partial charge in [-0.3, -0.25) is 19.4 Å². The summed E-state index contributed by atoms with van der Waals surface area (Å²) < 4.78 is 21.7. The number of carbonyl (C=O) groups excluding carboxylic acids is 6. The predicted molar refractivity (Wildman–Crippen MR) is 179 cm³/mol. The molecule has 2 aliphatic carbocycles. The van der Waals surface area contributed by atoms with E-state index in [1.807, 2.05) is 0 Å². The Balaban J connectivity index is 0.979. The first kappa shape index (κ1) is 35.1. The third-order valence-corrected chi connectivity index (χ3v) is 9.41. The molecule has 4 aliphatic rings. The second-order valence-corrected chi connectivity index (χ2v) is 15.6. The Kier molecular flexibility index (Phi) is 9.26. The smallest absolute Gasteiger partial charge is 0.411 e. The molecule has 12 heteroatoms. The zero-order chi connectivity index (χ0) is 36.1. The molecule has 266 valence electrons. The standard InChI is InChI=1S/C38H44N2O10/c1-37(2,3)49-35(45)39-27-15-25(27)17-29(39)32(42)20-47-33(43)24-13-9-22(10-14-24)21-7-11-23(12-8-21)31(41)19-48-34(44)30-18-26-16-28(26)40(30)36(46)50-38(4,5)6/h7-14,25-30H,15-20H2,1-6H3/t25?,26-,27?,28?,29-,30-/m0/s1. The number of Topliss-reactive ketones (excluding diaryl/α,β-unsaturated/α-hetero) is 2. The van der Waals surface area contributed by atoms with Gasteiger partial charge in [-0.2, -0.15) is 0 Å². The van der Waals surface area contributed by atoms with Crippen LogP contribution in [0.4, 0.5) is 9.59 Å². The number of ketones is 2. The van der Waals surface area contributed by atoms with Gasteiger partial charge in [0.05, 0.1) is 11.6 Å². The van der Waals surface area contributed by atoms with Gasteiger partial charge in [-0.1, -0.05) is 36.4 Å². The molecule has 2 aromatic rings. The molecule has 0 spiro atoms. The van der Waals surface area contributed by atoms with E-state index in [9.17, 15) is 28.8 Å². The van der Waals surface area contributed by atoms with Crippen molar-refractivity contribution in [2.24, 2.45) is 11.8 Å². The van der Waals surface area contributed by atoms with E-state index in [-0.39, 0.29) is 41.0 Å². The summed E-state index contributed by atoms with van der Waals surface area (Å²) >= 11 is 0. The minimum Gasteiger partial charge on any atom is -0.456 e. The summed E-state index contributed by atoms with van der Waals surface area (Å²) in [5.74, 6) is -1.47. The van der Waals surface area contributed by atoms with Crippen molar-refractivity contribution in [1.82, 2.24) is 9.80 Å². The zero-order valence-corrected chi connectivity index (χ0v) is 29.3. The maximum Gasteiger partial charge on any atom is 0.411 e. The number of benzene rings is 2. The van der Waals surface area contributed by atoms with E-state index < -0.39 is 60.6 Å². The Morgan fingerprint density at radius 3 is 1.56 bits per heavy atom. The first-order valence-corrected chi connectivity index (χ1v) is 17.1. The lowest BCUT2D eigenvalue weighted by molar-refractivity contribution is -0.148. The number of fused-ring (bicyclic) bond motifs is 2. The molecule has 2 heterocycles. The highest BCUT2D eigenvalue weighted by molar-refractivity contribution is 5.99. The molecular weight excluding hydrogens is 644 g/mol. The van der Waals surface area contributed by atoms with Gasteiger partial charge in [0.15, 0.2) is 24.8 Å². The number of carbonyl (C=O) groups is 6. The van der Waals surface area contributed by atoms with Crippen molar-refractivity contribution in [3.05, 3.63) is 59.7 Å². The van der Waals surface area contributed by atoms with E-state index in [4.69, 9.17) is 18.9 Å². The Bertz CT molecular complexity index is 1560. The number of esters is 2. The lowest BCUT2D eigenvalue weighted by Crippen LogP contribution is -2.46. The molecule has 12 nitrogen and oxygen atoms in total. The summed E-state index contributed by atoms with van der Waals surface area (Å²) in [6.45, 7) is 9.73. The topological polar surface area (TPSA) is 146 Å². The Morgan fingerprint density at radius 1 is 0.600 bits per heavy atom. The fourth-order valence-corrected chi connectivity index (χ4v) is 6.84. The largest absolute Gasteiger partial charge is 0.456 e. The lowest BCUT2D eigenvalue weighted by Gasteiger charge is -2.29. The molecule has 4 fully saturated rings. The van der Waals surface area contributed by atoms with E-state index >= 15 is 0 Å². The van der Waals surface area contributed by atoms with Crippen LogP contribution in [0.1, 0.15) is 87.9 Å². The van der Waals surface area contributed by atoms with Crippen LogP contribution < -0.4 is 0 Å². The molecule has 0 N–H and O–H groups in total. The van der Waals surface area contributed by atoms with E-state index in [0.717, 1.165) is 24.0 Å². The van der Waals surface area contributed by atoms with Gasteiger partial charge in [0.25, 0.3) is 0 Å². The number of likely N-dealkylation sites (tertiary alicyclic amines) is 2. The molecule has 2 saturated heterocycles. The fourth-order valence-electron chi connectivity index (χ4n) is 6.84. The van der Waals surface area contributed by atoms with Crippen molar-refractivity contribution < 1.29 is 47.7 Å². The molecule has 3 unspecified atom stereocenters. The summed E-state index contributed by atoms with van der Waals surface area (Å²) in [7, 11) is 0. The summed E-state index contributed by atoms with van der Waals surface area (Å²) in [5.41, 5.74) is 0.808. The molecular formula is C38H44N2O10. The van der Waals surface area contributed by atoms with Gasteiger partial charge in [-0.25, -0.2) is 19.2 Å². The highest BCUT2D eigenvalue weighted by Gasteiger charge is 2.58. The van der Waals surface area contributed by atoms with Crippen molar-refractivity contribution in [1.29, 1.82) is 0 Å². The fraction of sp³-hybridized carbons (Fsp3) is 0.526. The van der Waals surface area contributed by atoms with Crippen LogP contribution in [-0.4, -0.2) is 94.1 Å². The molecule has 0 bridgehead atoms. The van der Waals surface area contributed by atoms with Crippen LogP contribution in [0.15, 0.2) is 48.5 Å². The highest BCUT2D eigenvalue weighted by Crippen LogP contribution is 2.49. The number of ether oxygens (including phenoxy) is 4. The molecule has 2 amide bonds. The van der Waals surface area contributed by atoms with Gasteiger partial charge in [0.2, 0.25) is 0 Å². The van der Waals surface area contributed by atoms with E-state index in [2.05, 4.69) is 0 Å². The van der Waals surface area contributed by atoms with Crippen LogP contribution in [0.3, 0.4) is 0 Å². The number of piperidine rings is 2. The van der Waals surface area contributed by atoms with E-state index in [1.165, 1.54) is 9.80 Å². The van der Waals surface area contributed by atoms with Crippen molar-refractivity contribution >= 4 is 35.7 Å². The Hall–Kier alpha value is -4.74. The second kappa shape index (κ2) is 13.2. The minimum absolute atomic E-state index is 0.00232. The predicted octanol–water partition coefficient (Wildman–Crippen LogP) is 5.60. The minimum atomic E-state index is -0.767. The summed E-state index contributed by atoms with van der Waals surface area (Å²) in [6.07, 6.45) is 1.65. The van der Waals surface area contributed by atoms with Gasteiger partial charge in [-0.15, -0.1) is 0 Å². The number of nitrogens with zero attached hydrogens (tertiary/aromatic N) is 2. The zero-order valence-electron chi connectivity index (χ0n) is 29.3. The maximum atomic E-state index is 13.0. The SMILES string of the molecule is CC(C)(C)OC(=O)N1C2CC2C[C@H]1C(=O)COC(=O)c1ccc(-c2ccc(C(=O)COC(=O)[C@@H]3C[C@@H]4CC4N3C(=O)OC(C)(C)C)cc2)cc1. The number of hydrogen-bond acceptors (Lipinski definition) is 10. The van der Waals surface area contributed by atoms with Gasteiger partial charge in [-0.05, 0) is 102 Å². The summed E-state index contributed by atoms with van der Waals surface area (Å²) in [4.78, 5) is 79.9. The van der Waals surface area contributed by atoms with Gasteiger partial charge < -0.3 is 18.9 Å². The van der Waals surface area contributed by atoms with Crippen molar-refractivity contribution in [3.8, 4) is 11.1 Å². The van der Waals surface area contributed by atoms with Crippen LogP contribution >= 0.6 is 0 Å². The quantitative estimate of drug-likeness (QED) is 0.185. The van der Waals surface area contributed by atoms with Crippen molar-refractivity contribution in [3.63, 3.8) is 0 Å². The van der Waals surface area contributed by atoms with Gasteiger partial charge in [0.1, 0.15) is 17.2 Å². The number of rotatable bonds is 9. The number of amides is 2. The van der Waals surface area contributed by atoms with Crippen LogP contribution in [-0.2, 0) is 28.5 Å². The first-order chi connectivity index (χ1) is 23.5. The average molecular weight is 689 g/mol. The Morgan fingerprint density at radius 2 is 1.06 bits per heavy atom. The van der Waals surface area contributed by atoms with E-state index in [0.29, 0.717) is 18.4 Å². The summed E-state index contributed by atoms with van der Waals surface area (Å²) in [5, 5.41) is 0. The maximum absolute atomic E-state index is 13.0.